The summed E-state index contributed by atoms with van der Waals surface area (Å²) in [6.45, 7) is 4.19. The summed E-state index contributed by atoms with van der Waals surface area (Å²) in [5.74, 6) is 1.32. The second kappa shape index (κ2) is 5.61. The lowest BCUT2D eigenvalue weighted by Gasteiger charge is -2.33. The van der Waals surface area contributed by atoms with Crippen molar-refractivity contribution in [3.05, 3.63) is 28.7 Å². The normalized spacial score (nSPS) is 18.1. The number of nitrogens with zero attached hydrogens (tertiary/aromatic N) is 3. The maximum atomic E-state index is 5.54. The summed E-state index contributed by atoms with van der Waals surface area (Å²) in [5.41, 5.74) is 0.759. The van der Waals surface area contributed by atoms with Crippen molar-refractivity contribution in [2.75, 3.05) is 13.1 Å². The molecule has 0 aliphatic carbocycles. The minimum Gasteiger partial charge on any atom is -0.338 e. The second-order valence-corrected chi connectivity index (χ2v) is 6.08. The highest BCUT2D eigenvalue weighted by Crippen LogP contribution is 2.36. The third-order valence-corrected chi connectivity index (χ3v) is 4.54. The second-order valence-electron chi connectivity index (χ2n) is 5.17. The van der Waals surface area contributed by atoms with Crippen molar-refractivity contribution in [3.63, 3.8) is 0 Å². The number of hydrogen-bond donors (Lipinski definition) is 1. The van der Waals surface area contributed by atoms with Crippen LogP contribution >= 0.6 is 15.9 Å². The predicted molar refractivity (Wildman–Crippen MR) is 79.3 cm³/mol. The molecule has 3 rings (SSSR count). The molecule has 0 saturated carbocycles. The first-order valence-electron chi connectivity index (χ1n) is 6.90. The minimum atomic E-state index is 0.0197. The van der Waals surface area contributed by atoms with Crippen LogP contribution < -0.4 is 5.32 Å². The lowest BCUT2D eigenvalue weighted by atomic mass is 9.76. The molecule has 3 heterocycles. The van der Waals surface area contributed by atoms with Crippen LogP contribution in [0.1, 0.15) is 32.1 Å². The number of rotatable bonds is 3. The van der Waals surface area contributed by atoms with E-state index in [4.69, 9.17) is 4.52 Å². The van der Waals surface area contributed by atoms with Gasteiger partial charge in [0, 0.05) is 10.7 Å². The van der Waals surface area contributed by atoms with Crippen molar-refractivity contribution in [2.24, 2.45) is 0 Å². The van der Waals surface area contributed by atoms with Crippen LogP contribution in [0.2, 0.25) is 0 Å². The average Bonchev–Trinajstić information content (AvgIpc) is 2.99. The van der Waals surface area contributed by atoms with E-state index in [0.29, 0.717) is 5.82 Å². The van der Waals surface area contributed by atoms with Crippen LogP contribution in [0.4, 0.5) is 0 Å². The maximum absolute atomic E-state index is 5.54. The van der Waals surface area contributed by atoms with Gasteiger partial charge in [-0.25, -0.2) is 0 Å². The van der Waals surface area contributed by atoms with Crippen LogP contribution in [0.25, 0.3) is 11.5 Å². The summed E-state index contributed by atoms with van der Waals surface area (Å²) in [4.78, 5) is 8.90. The molecule has 6 heteroatoms. The Morgan fingerprint density at radius 1 is 1.35 bits per heavy atom. The monoisotopic (exact) mass is 336 g/mol. The quantitative estimate of drug-likeness (QED) is 0.933. The van der Waals surface area contributed by atoms with Crippen molar-refractivity contribution in [1.29, 1.82) is 0 Å². The van der Waals surface area contributed by atoms with Gasteiger partial charge in [-0.1, -0.05) is 12.1 Å². The Hall–Kier alpha value is -1.27. The number of nitrogens with one attached hydrogen (secondary N) is 1. The van der Waals surface area contributed by atoms with E-state index in [1.54, 1.807) is 6.20 Å². The first kappa shape index (κ1) is 13.7. The van der Waals surface area contributed by atoms with Gasteiger partial charge in [0.25, 0.3) is 0 Å². The van der Waals surface area contributed by atoms with E-state index in [1.165, 1.54) is 0 Å². The van der Waals surface area contributed by atoms with Gasteiger partial charge in [0.15, 0.2) is 0 Å². The molecule has 0 spiro atoms. The molecular weight excluding hydrogens is 320 g/mol. The fourth-order valence-electron chi connectivity index (χ4n) is 2.67. The molecule has 2 aromatic rings. The Labute approximate surface area is 126 Å². The highest BCUT2D eigenvalue weighted by Gasteiger charge is 2.37. The van der Waals surface area contributed by atoms with Crippen LogP contribution in [0.15, 0.2) is 27.3 Å². The van der Waals surface area contributed by atoms with E-state index in [9.17, 15) is 0 Å². The third kappa shape index (κ3) is 2.50. The summed E-state index contributed by atoms with van der Waals surface area (Å²) in [5, 5.41) is 7.48. The number of halogens is 1. The number of aromatic nitrogens is 3. The Balaban J connectivity index is 1.91. The van der Waals surface area contributed by atoms with Crippen LogP contribution in [0.3, 0.4) is 0 Å². The van der Waals surface area contributed by atoms with Gasteiger partial charge in [-0.3, -0.25) is 4.98 Å². The van der Waals surface area contributed by atoms with Gasteiger partial charge in [0.05, 0.1) is 5.41 Å². The molecule has 1 aliphatic rings. The maximum Gasteiger partial charge on any atom is 0.233 e. The topological polar surface area (TPSA) is 63.8 Å². The summed E-state index contributed by atoms with van der Waals surface area (Å²) in [6, 6.07) is 3.82. The molecule has 1 saturated heterocycles. The van der Waals surface area contributed by atoms with Gasteiger partial charge >= 0.3 is 0 Å². The van der Waals surface area contributed by atoms with E-state index in [1.807, 2.05) is 12.1 Å². The fourth-order valence-corrected chi connectivity index (χ4v) is 2.91. The molecule has 1 N–H and O–H groups in total. The molecule has 20 heavy (non-hydrogen) atoms. The fraction of sp³-hybridized carbons (Fsp3) is 0.500. The van der Waals surface area contributed by atoms with Gasteiger partial charge < -0.3 is 9.84 Å². The number of piperidine rings is 1. The Morgan fingerprint density at radius 3 is 2.80 bits per heavy atom. The molecule has 2 aromatic heterocycles. The molecule has 1 aliphatic heterocycles. The molecular formula is C14H17BrN4O. The van der Waals surface area contributed by atoms with Crippen LogP contribution in [-0.4, -0.2) is 28.2 Å². The van der Waals surface area contributed by atoms with Gasteiger partial charge in [-0.05, 0) is 60.4 Å². The standard InChI is InChI=1S/C14H17BrN4O/c1-2-14(5-7-16-8-6-14)13-18-12(19-20-13)11-4-3-10(15)9-17-11/h3-4,9,16H,2,5-8H2,1H3. The van der Waals surface area contributed by atoms with Gasteiger partial charge in [0.2, 0.25) is 11.7 Å². The van der Waals surface area contributed by atoms with Gasteiger partial charge in [-0.15, -0.1) is 0 Å². The lowest BCUT2D eigenvalue weighted by molar-refractivity contribution is 0.216. The first-order valence-corrected chi connectivity index (χ1v) is 7.70. The SMILES string of the molecule is CCC1(c2nc(-c3ccc(Br)cn3)no2)CCNCC1. The Kier molecular flexibility index (Phi) is 3.85. The summed E-state index contributed by atoms with van der Waals surface area (Å²) >= 11 is 3.37. The summed E-state index contributed by atoms with van der Waals surface area (Å²) < 4.78 is 6.48. The average molecular weight is 337 g/mol. The molecule has 0 bridgehead atoms. The molecule has 0 amide bonds. The minimum absolute atomic E-state index is 0.0197. The molecule has 5 nitrogen and oxygen atoms in total. The Bertz CT molecular complexity index is 575. The zero-order valence-corrected chi connectivity index (χ0v) is 13.0. The smallest absolute Gasteiger partial charge is 0.233 e. The van der Waals surface area contributed by atoms with E-state index >= 15 is 0 Å². The molecule has 1 fully saturated rings. The molecule has 0 atom stereocenters. The first-order chi connectivity index (χ1) is 9.73. The van der Waals surface area contributed by atoms with E-state index in [2.05, 4.69) is 43.3 Å². The van der Waals surface area contributed by atoms with Crippen LogP contribution in [0, 0.1) is 0 Å². The van der Waals surface area contributed by atoms with Gasteiger partial charge in [0.1, 0.15) is 5.69 Å². The molecule has 106 valence electrons. The number of pyridine rings is 1. The molecule has 0 radical (unpaired) electrons. The van der Waals surface area contributed by atoms with Crippen molar-refractivity contribution >= 4 is 15.9 Å². The summed E-state index contributed by atoms with van der Waals surface area (Å²) in [6.07, 6.45) is 4.84. The third-order valence-electron chi connectivity index (χ3n) is 4.07. The van der Waals surface area contributed by atoms with Crippen molar-refractivity contribution in [3.8, 4) is 11.5 Å². The highest BCUT2D eigenvalue weighted by atomic mass is 79.9. The predicted octanol–water partition coefficient (Wildman–Crippen LogP) is 2.93. The highest BCUT2D eigenvalue weighted by molar-refractivity contribution is 9.10. The van der Waals surface area contributed by atoms with E-state index in [0.717, 1.165) is 48.4 Å². The largest absolute Gasteiger partial charge is 0.338 e. The van der Waals surface area contributed by atoms with Crippen molar-refractivity contribution in [2.45, 2.75) is 31.6 Å². The zero-order valence-electron chi connectivity index (χ0n) is 11.4. The number of hydrogen-bond acceptors (Lipinski definition) is 5. The zero-order chi connectivity index (χ0) is 14.0. The van der Waals surface area contributed by atoms with E-state index in [-0.39, 0.29) is 5.41 Å². The molecule has 0 aromatic carbocycles. The van der Waals surface area contributed by atoms with Crippen LogP contribution in [0.5, 0.6) is 0 Å². The van der Waals surface area contributed by atoms with Crippen molar-refractivity contribution in [1.82, 2.24) is 20.4 Å². The van der Waals surface area contributed by atoms with E-state index < -0.39 is 0 Å². The summed E-state index contributed by atoms with van der Waals surface area (Å²) in [7, 11) is 0. The molecule has 0 unspecified atom stereocenters. The lowest BCUT2D eigenvalue weighted by Crippen LogP contribution is -2.39. The van der Waals surface area contributed by atoms with Gasteiger partial charge in [-0.2, -0.15) is 4.98 Å². The van der Waals surface area contributed by atoms with Crippen LogP contribution in [-0.2, 0) is 5.41 Å². The Morgan fingerprint density at radius 2 is 2.15 bits per heavy atom. The van der Waals surface area contributed by atoms with Crippen molar-refractivity contribution < 1.29 is 4.52 Å².